The number of carbonyl (C=O) groups is 6. The van der Waals surface area contributed by atoms with Crippen molar-refractivity contribution in [2.45, 2.75) is 174 Å². The quantitative estimate of drug-likeness (QED) is 0.0449. The Morgan fingerprint density at radius 2 is 0.745 bits per heavy atom. The van der Waals surface area contributed by atoms with Crippen molar-refractivity contribution in [3.8, 4) is 50.6 Å². The highest BCUT2D eigenvalue weighted by atomic mass is 35.5. The fourth-order valence-corrected chi connectivity index (χ4v) is 21.6. The fourth-order valence-electron chi connectivity index (χ4n) is 20.5. The van der Waals surface area contributed by atoms with Crippen molar-refractivity contribution >= 4 is 149 Å². The summed E-state index contributed by atoms with van der Waals surface area (Å²) >= 11 is 40.1. The SMILES string of the molecule is Cc1cc(OCCCc2c3n(c4c(-c5c(C)nn(C)c5C)c(Cl)ccc24)CCCN(Cc2ccc(C(=O)O)cc2)C3=O)cc(C)c1Cl.Cc1cc(OCCCc2c3n(c4c(-c5c(C)nn(C)c5C)c(Cl)ccc24)CCCN(c2ccc(C(=O)O)c(F)c2)C3=O)cc(C)c1Cl.Cc1cc(OCCCc2c3n(c4c(-c5c(C)nn(C)c5C)c(Cl)ccc24)CCCN(c2cccc(C(=O)O)c2C)C3=O)cc(C)c1Cl. The summed E-state index contributed by atoms with van der Waals surface area (Å²) in [5.74, 6) is -2.49. The van der Waals surface area contributed by atoms with Gasteiger partial charge in [0.2, 0.25) is 0 Å². The van der Waals surface area contributed by atoms with Gasteiger partial charge in [-0.1, -0.05) is 106 Å². The van der Waals surface area contributed by atoms with Crippen molar-refractivity contribution in [1.29, 1.82) is 0 Å². The lowest BCUT2D eigenvalue weighted by Crippen LogP contribution is -2.32. The van der Waals surface area contributed by atoms with Crippen molar-refractivity contribution in [2.24, 2.45) is 21.1 Å². The van der Waals surface area contributed by atoms with Gasteiger partial charge in [-0.2, -0.15) is 15.3 Å². The number of hydrogen-bond donors (Lipinski definition) is 3. The summed E-state index contributed by atoms with van der Waals surface area (Å²) in [5, 5.41) is 49.4. The highest BCUT2D eigenvalue weighted by Gasteiger charge is 2.38. The van der Waals surface area contributed by atoms with Gasteiger partial charge >= 0.3 is 17.9 Å². The lowest BCUT2D eigenvalue weighted by molar-refractivity contribution is 0.0682. The van der Waals surface area contributed by atoms with Crippen LogP contribution in [-0.2, 0) is 66.6 Å². The van der Waals surface area contributed by atoms with E-state index in [1.807, 2.05) is 202 Å². The number of amides is 3. The molecule has 0 saturated carbocycles. The van der Waals surface area contributed by atoms with Crippen LogP contribution in [0.4, 0.5) is 15.8 Å². The van der Waals surface area contributed by atoms with Crippen LogP contribution in [0.1, 0.15) is 196 Å². The first kappa shape index (κ1) is 101. The Balaban J connectivity index is 0.000000152. The van der Waals surface area contributed by atoms with Gasteiger partial charge in [0, 0.05) is 160 Å². The van der Waals surface area contributed by atoms with E-state index in [-0.39, 0.29) is 28.8 Å². The second-order valence-electron chi connectivity index (χ2n) is 36.8. The van der Waals surface area contributed by atoms with E-state index in [9.17, 15) is 48.5 Å². The van der Waals surface area contributed by atoms with Crippen LogP contribution in [0, 0.1) is 95.8 Å². The Hall–Kier alpha value is -12.9. The van der Waals surface area contributed by atoms with E-state index < -0.39 is 29.3 Å². The number of anilines is 2. The van der Waals surface area contributed by atoms with Crippen molar-refractivity contribution in [3.63, 3.8) is 0 Å². The van der Waals surface area contributed by atoms with E-state index in [4.69, 9.17) is 83.8 Å². The predicted octanol–water partition coefficient (Wildman–Crippen LogP) is 25.5. The van der Waals surface area contributed by atoms with Crippen LogP contribution >= 0.6 is 69.6 Å². The zero-order valence-corrected chi connectivity index (χ0v) is 86.2. The Bertz CT molecular complexity index is 7520. The molecule has 9 heterocycles. The van der Waals surface area contributed by atoms with Crippen LogP contribution in [-0.4, -0.2) is 138 Å². The number of aromatic carboxylic acids is 3. The lowest BCUT2D eigenvalue weighted by atomic mass is 9.98. The van der Waals surface area contributed by atoms with E-state index in [2.05, 4.69) is 29.0 Å². The number of carboxylic acid groups (broad SMARTS) is 3. The second-order valence-corrected chi connectivity index (χ2v) is 39.2. The minimum absolute atomic E-state index is 0.0532. The molecule has 9 aromatic carbocycles. The molecule has 0 spiro atoms. The summed E-state index contributed by atoms with van der Waals surface area (Å²) in [4.78, 5) is 83.9. The molecular weight excluding hydrogens is 1910 g/mol. The maximum absolute atomic E-state index is 14.8. The minimum Gasteiger partial charge on any atom is -0.494 e. The van der Waals surface area contributed by atoms with E-state index in [0.717, 1.165) is 201 Å². The van der Waals surface area contributed by atoms with E-state index in [1.54, 1.807) is 48.2 Å². The molecule has 3 aliphatic heterocycles. The summed E-state index contributed by atoms with van der Waals surface area (Å²) in [7, 11) is 5.74. The first-order valence-electron chi connectivity index (χ1n) is 47.1. The van der Waals surface area contributed by atoms with Gasteiger partial charge < -0.3 is 57.9 Å². The van der Waals surface area contributed by atoms with Gasteiger partial charge in [-0.15, -0.1) is 0 Å². The third-order valence-corrected chi connectivity index (χ3v) is 30.2. The fraction of sp³-hybridized carbons (Fsp3) is 0.318. The number of benzene rings is 9. The summed E-state index contributed by atoms with van der Waals surface area (Å²) in [6.45, 7) is 30.3. The number of aromatic nitrogens is 9. The van der Waals surface area contributed by atoms with E-state index in [0.29, 0.717) is 166 Å². The molecule has 3 N–H and O–H groups in total. The standard InChI is InChI=1S/2C37H38Cl2N4O4.C36H35Cl2FN4O4/c1-20-18-25(19-21(2)33(20)39)47-17-8-11-27-28-13-14-29(38)32(31-23(4)40-41(6)24(31)5)34(28)43-16-9-15-42(36(44)35(27)43)30-12-7-10-26(22(30)3)37(45)46;1-21-18-27(19-22(2)33(21)39)47-17-6-8-28-29-13-14-30(38)32(31-23(3)40-41(5)24(31)4)34(29)43-16-7-15-42(36(44)35(28)43)20-25-9-11-26(12-10-25)37(45)46;1-19-16-24(17-20(2)32(19)38)47-15-6-8-25-26-11-12-28(37)31(30-21(3)40-41(5)22(30)4)33(26)43-14-7-13-42(35(44)34(25)43)23-9-10-27(36(45)46)29(39)18-23/h7,10,12-14,18-19H,8-9,11,15-17H2,1-6H3,(H,45,46);9-14,18-19H,6-8,15-17,20H2,1-5H3,(H,45,46);9-12,16-18H,6-8,13-15H2,1-5H3,(H,45,46). The summed E-state index contributed by atoms with van der Waals surface area (Å²) in [6, 6.07) is 39.0. The zero-order valence-electron chi connectivity index (χ0n) is 81.7. The molecule has 31 heteroatoms. The number of carboxylic acids is 3. The number of rotatable bonds is 25. The third-order valence-electron chi connectivity index (χ3n) is 27.5. The van der Waals surface area contributed by atoms with Crippen LogP contribution in [0.5, 0.6) is 17.2 Å². The summed E-state index contributed by atoms with van der Waals surface area (Å²) in [6.07, 6.45) is 5.73. The molecule has 0 unspecified atom stereocenters. The third kappa shape index (κ3) is 19.7. The van der Waals surface area contributed by atoms with Crippen molar-refractivity contribution in [2.75, 3.05) is 49.3 Å². The molecule has 0 radical (unpaired) electrons. The van der Waals surface area contributed by atoms with Crippen LogP contribution in [0.15, 0.2) is 133 Å². The maximum atomic E-state index is 14.8. The number of fused-ring (bicyclic) bond motifs is 9. The average molecular weight is 2020 g/mol. The lowest BCUT2D eigenvalue weighted by Gasteiger charge is -2.24. The molecule has 0 aliphatic carbocycles. The average Bonchev–Trinajstić information content (AvgIpc) is 1.58. The molecule has 6 aromatic heterocycles. The van der Waals surface area contributed by atoms with Gasteiger partial charge in [-0.25, -0.2) is 18.8 Å². The van der Waals surface area contributed by atoms with Gasteiger partial charge in [0.05, 0.1) is 85.2 Å². The van der Waals surface area contributed by atoms with Gasteiger partial charge in [0.15, 0.2) is 0 Å². The van der Waals surface area contributed by atoms with Crippen LogP contribution in [0.3, 0.4) is 0 Å². The molecule has 18 rings (SSSR count). The van der Waals surface area contributed by atoms with Gasteiger partial charge in [-0.3, -0.25) is 28.4 Å². The molecule has 0 fully saturated rings. The largest absolute Gasteiger partial charge is 0.494 e. The Labute approximate surface area is 847 Å². The number of aryl methyl sites for hydroxylation is 18. The molecule has 15 aromatic rings. The Kier molecular flexibility index (Phi) is 29.9. The molecule has 732 valence electrons. The number of nitrogens with zero attached hydrogens (tertiary/aromatic N) is 12. The zero-order chi connectivity index (χ0) is 101. The first-order valence-corrected chi connectivity index (χ1v) is 49.3. The van der Waals surface area contributed by atoms with E-state index in [1.165, 1.54) is 17.0 Å². The second kappa shape index (κ2) is 41.7. The Morgan fingerprint density at radius 3 is 1.09 bits per heavy atom. The van der Waals surface area contributed by atoms with Gasteiger partial charge in [0.25, 0.3) is 17.7 Å². The van der Waals surface area contributed by atoms with Crippen LogP contribution in [0.25, 0.3) is 66.1 Å². The van der Waals surface area contributed by atoms with Crippen molar-refractivity contribution in [1.82, 2.24) is 47.9 Å². The van der Waals surface area contributed by atoms with Crippen molar-refractivity contribution < 1.29 is 62.7 Å². The van der Waals surface area contributed by atoms with Crippen LogP contribution in [0.2, 0.25) is 30.1 Å². The molecule has 3 aliphatic rings. The van der Waals surface area contributed by atoms with Crippen LogP contribution < -0.4 is 24.0 Å². The topological polar surface area (TPSA) is 269 Å². The van der Waals surface area contributed by atoms with Crippen molar-refractivity contribution in [3.05, 3.63) is 299 Å². The van der Waals surface area contributed by atoms with Gasteiger partial charge in [0.1, 0.15) is 40.1 Å². The van der Waals surface area contributed by atoms with E-state index >= 15 is 0 Å². The number of carbonyl (C=O) groups excluding carboxylic acids is 3. The smallest absolute Gasteiger partial charge is 0.338 e. The normalized spacial score (nSPS) is 13.3. The van der Waals surface area contributed by atoms with Gasteiger partial charge in [-0.05, 0) is 306 Å². The molecule has 24 nitrogen and oxygen atoms in total. The number of ether oxygens (including phenoxy) is 3. The molecular formula is C110H111Cl6FN12O12. The molecule has 0 atom stereocenters. The number of halogens is 7. The number of hydrogen-bond acceptors (Lipinski definition) is 12. The monoisotopic (exact) mass is 2020 g/mol. The summed E-state index contributed by atoms with van der Waals surface area (Å²) in [5.41, 5.74) is 26.2. The molecule has 3 amide bonds. The predicted molar refractivity (Wildman–Crippen MR) is 557 cm³/mol. The molecule has 141 heavy (non-hydrogen) atoms. The molecule has 0 saturated heterocycles. The minimum atomic E-state index is -1.37. The highest BCUT2D eigenvalue weighted by Crippen LogP contribution is 2.49. The highest BCUT2D eigenvalue weighted by molar-refractivity contribution is 6.37. The first-order chi connectivity index (χ1) is 67.2. The maximum Gasteiger partial charge on any atom is 0.338 e. The molecule has 0 bridgehead atoms. The summed E-state index contributed by atoms with van der Waals surface area (Å²) < 4.78 is 45.2. The Morgan fingerprint density at radius 1 is 0.390 bits per heavy atom.